The summed E-state index contributed by atoms with van der Waals surface area (Å²) in [7, 11) is 1.63. The minimum absolute atomic E-state index is 0.0113. The molecular formula is C18H29N3O4. The first kappa shape index (κ1) is 18.4. The van der Waals surface area contributed by atoms with Crippen LogP contribution in [0.4, 0.5) is 0 Å². The van der Waals surface area contributed by atoms with E-state index >= 15 is 0 Å². The Morgan fingerprint density at radius 2 is 2.08 bits per heavy atom. The number of aryl methyl sites for hydroxylation is 1. The molecule has 1 atom stereocenters. The molecule has 0 spiro atoms. The number of furan rings is 1. The Labute approximate surface area is 149 Å². The SMILES string of the molecule is COC1(C(=O)NCC(c2ccc(C)o2)N2CCOCC2)CCNCC1. The summed E-state index contributed by atoms with van der Waals surface area (Å²) < 4.78 is 16.9. The van der Waals surface area contributed by atoms with Crippen LogP contribution in [0, 0.1) is 6.92 Å². The number of nitrogens with one attached hydrogen (secondary N) is 2. The van der Waals surface area contributed by atoms with Crippen LogP contribution in [0.15, 0.2) is 16.5 Å². The summed E-state index contributed by atoms with van der Waals surface area (Å²) in [4.78, 5) is 15.1. The summed E-state index contributed by atoms with van der Waals surface area (Å²) in [5, 5.41) is 6.39. The standard InChI is InChI=1S/C18H29N3O4/c1-14-3-4-16(25-14)15(21-9-11-24-12-10-21)13-20-17(22)18(23-2)5-7-19-8-6-18/h3-4,15,19H,5-13H2,1-2H3,(H,20,22). The molecule has 3 rings (SSSR count). The van der Waals surface area contributed by atoms with Crippen LogP contribution in [0.25, 0.3) is 0 Å². The van der Waals surface area contributed by atoms with Gasteiger partial charge in [-0.2, -0.15) is 0 Å². The third-order valence-corrected chi connectivity index (χ3v) is 5.25. The number of piperidine rings is 1. The maximum atomic E-state index is 12.8. The van der Waals surface area contributed by atoms with Crippen LogP contribution in [-0.2, 0) is 14.3 Å². The lowest BCUT2D eigenvalue weighted by Crippen LogP contribution is -2.55. The topological polar surface area (TPSA) is 76.0 Å². The van der Waals surface area contributed by atoms with Gasteiger partial charge in [-0.05, 0) is 45.0 Å². The highest BCUT2D eigenvalue weighted by atomic mass is 16.5. The molecule has 2 aliphatic rings. The fourth-order valence-electron chi connectivity index (χ4n) is 3.64. The van der Waals surface area contributed by atoms with Crippen molar-refractivity contribution in [1.29, 1.82) is 0 Å². The summed E-state index contributed by atoms with van der Waals surface area (Å²) in [5.41, 5.74) is -0.722. The Bertz CT molecular complexity index is 562. The second kappa shape index (κ2) is 8.31. The molecule has 3 heterocycles. The minimum atomic E-state index is -0.722. The zero-order chi connectivity index (χ0) is 17.7. The van der Waals surface area contributed by atoms with Crippen molar-refractivity contribution in [1.82, 2.24) is 15.5 Å². The van der Waals surface area contributed by atoms with Crippen molar-refractivity contribution in [3.05, 3.63) is 23.7 Å². The zero-order valence-electron chi connectivity index (χ0n) is 15.2. The van der Waals surface area contributed by atoms with Gasteiger partial charge in [-0.25, -0.2) is 0 Å². The van der Waals surface area contributed by atoms with Crippen LogP contribution in [-0.4, -0.2) is 69.5 Å². The maximum absolute atomic E-state index is 12.8. The highest BCUT2D eigenvalue weighted by Gasteiger charge is 2.40. The third kappa shape index (κ3) is 4.23. The molecule has 0 radical (unpaired) electrons. The van der Waals surface area contributed by atoms with Gasteiger partial charge in [0.1, 0.15) is 17.1 Å². The van der Waals surface area contributed by atoms with Crippen molar-refractivity contribution in [3.8, 4) is 0 Å². The van der Waals surface area contributed by atoms with Crippen LogP contribution in [0.1, 0.15) is 30.4 Å². The van der Waals surface area contributed by atoms with Crippen molar-refractivity contribution in [2.45, 2.75) is 31.4 Å². The second-order valence-corrected chi connectivity index (χ2v) is 6.77. The minimum Gasteiger partial charge on any atom is -0.465 e. The highest BCUT2D eigenvalue weighted by Crippen LogP contribution is 2.26. The number of nitrogens with zero attached hydrogens (tertiary/aromatic N) is 1. The number of hydrogen-bond donors (Lipinski definition) is 2. The predicted molar refractivity (Wildman–Crippen MR) is 93.4 cm³/mol. The summed E-state index contributed by atoms with van der Waals surface area (Å²) in [6.07, 6.45) is 1.38. The first-order valence-electron chi connectivity index (χ1n) is 9.07. The molecule has 0 aliphatic carbocycles. The van der Waals surface area contributed by atoms with E-state index in [0.717, 1.165) is 37.7 Å². The summed E-state index contributed by atoms with van der Waals surface area (Å²) >= 11 is 0. The highest BCUT2D eigenvalue weighted by molar-refractivity contribution is 5.85. The molecule has 2 N–H and O–H groups in total. The van der Waals surface area contributed by atoms with E-state index in [0.29, 0.717) is 32.6 Å². The van der Waals surface area contributed by atoms with Crippen LogP contribution in [0.2, 0.25) is 0 Å². The Balaban J connectivity index is 1.68. The van der Waals surface area contributed by atoms with E-state index < -0.39 is 5.60 Å². The van der Waals surface area contributed by atoms with Crippen molar-refractivity contribution in [2.24, 2.45) is 0 Å². The van der Waals surface area contributed by atoms with Gasteiger partial charge in [0.2, 0.25) is 0 Å². The van der Waals surface area contributed by atoms with Gasteiger partial charge in [0, 0.05) is 26.7 Å². The van der Waals surface area contributed by atoms with E-state index in [1.165, 1.54) is 0 Å². The first-order valence-corrected chi connectivity index (χ1v) is 9.07. The maximum Gasteiger partial charge on any atom is 0.252 e. The van der Waals surface area contributed by atoms with E-state index in [1.807, 2.05) is 19.1 Å². The van der Waals surface area contributed by atoms with E-state index in [9.17, 15) is 4.79 Å². The van der Waals surface area contributed by atoms with Crippen molar-refractivity contribution >= 4 is 5.91 Å². The number of morpholine rings is 1. The number of ether oxygens (including phenoxy) is 2. The second-order valence-electron chi connectivity index (χ2n) is 6.77. The van der Waals surface area contributed by atoms with Gasteiger partial charge in [-0.3, -0.25) is 9.69 Å². The Kier molecular flexibility index (Phi) is 6.11. The zero-order valence-corrected chi connectivity index (χ0v) is 15.2. The van der Waals surface area contributed by atoms with E-state index in [-0.39, 0.29) is 11.9 Å². The molecule has 2 fully saturated rings. The Morgan fingerprint density at radius 3 is 2.68 bits per heavy atom. The van der Waals surface area contributed by atoms with Gasteiger partial charge < -0.3 is 24.5 Å². The summed E-state index contributed by atoms with van der Waals surface area (Å²) in [5.74, 6) is 1.74. The van der Waals surface area contributed by atoms with Crippen molar-refractivity contribution in [2.75, 3.05) is 53.0 Å². The van der Waals surface area contributed by atoms with Crippen LogP contribution in [0.3, 0.4) is 0 Å². The van der Waals surface area contributed by atoms with E-state index in [4.69, 9.17) is 13.9 Å². The monoisotopic (exact) mass is 351 g/mol. The summed E-state index contributed by atoms with van der Waals surface area (Å²) in [6.45, 7) is 7.11. The number of carbonyl (C=O) groups is 1. The molecule has 2 aliphatic heterocycles. The Morgan fingerprint density at radius 1 is 1.36 bits per heavy atom. The van der Waals surface area contributed by atoms with Crippen LogP contribution >= 0.6 is 0 Å². The number of rotatable bonds is 6. The lowest BCUT2D eigenvalue weighted by atomic mass is 9.91. The average Bonchev–Trinajstić information content (AvgIpc) is 3.09. The Hall–Kier alpha value is -1.41. The van der Waals surface area contributed by atoms with Crippen molar-refractivity contribution in [3.63, 3.8) is 0 Å². The van der Waals surface area contributed by atoms with Gasteiger partial charge in [0.25, 0.3) is 5.91 Å². The molecule has 25 heavy (non-hydrogen) atoms. The molecule has 1 unspecified atom stereocenters. The molecule has 2 saturated heterocycles. The number of methoxy groups -OCH3 is 1. The lowest BCUT2D eigenvalue weighted by Gasteiger charge is -2.37. The molecule has 0 saturated carbocycles. The molecule has 1 aromatic heterocycles. The molecule has 7 heteroatoms. The van der Waals surface area contributed by atoms with Crippen molar-refractivity contribution < 1.29 is 18.7 Å². The van der Waals surface area contributed by atoms with Crippen LogP contribution in [0.5, 0.6) is 0 Å². The van der Waals surface area contributed by atoms with Gasteiger partial charge in [-0.1, -0.05) is 0 Å². The summed E-state index contributed by atoms with van der Waals surface area (Å²) in [6, 6.07) is 3.98. The molecule has 0 bridgehead atoms. The fraction of sp³-hybridized carbons (Fsp3) is 0.722. The molecule has 0 aromatic carbocycles. The number of hydrogen-bond acceptors (Lipinski definition) is 6. The number of amides is 1. The van der Waals surface area contributed by atoms with Crippen LogP contribution < -0.4 is 10.6 Å². The van der Waals surface area contributed by atoms with Gasteiger partial charge in [-0.15, -0.1) is 0 Å². The third-order valence-electron chi connectivity index (χ3n) is 5.25. The average molecular weight is 351 g/mol. The van der Waals surface area contributed by atoms with Gasteiger partial charge in [0.15, 0.2) is 0 Å². The predicted octanol–water partition coefficient (Wildman–Crippen LogP) is 0.846. The normalized spacial score (nSPS) is 22.5. The molecule has 7 nitrogen and oxygen atoms in total. The smallest absolute Gasteiger partial charge is 0.252 e. The lowest BCUT2D eigenvalue weighted by molar-refractivity contribution is -0.147. The van der Waals surface area contributed by atoms with Gasteiger partial charge >= 0.3 is 0 Å². The molecule has 1 aromatic rings. The molecule has 1 amide bonds. The first-order chi connectivity index (χ1) is 12.1. The van der Waals surface area contributed by atoms with Gasteiger partial charge in [0.05, 0.1) is 19.3 Å². The number of carbonyl (C=O) groups excluding carboxylic acids is 1. The fourth-order valence-corrected chi connectivity index (χ4v) is 3.64. The van der Waals surface area contributed by atoms with E-state index in [1.54, 1.807) is 7.11 Å². The molecule has 140 valence electrons. The quantitative estimate of drug-likeness (QED) is 0.791. The molecular weight excluding hydrogens is 322 g/mol. The largest absolute Gasteiger partial charge is 0.465 e. The van der Waals surface area contributed by atoms with E-state index in [2.05, 4.69) is 15.5 Å².